The van der Waals surface area contributed by atoms with Crippen molar-refractivity contribution in [3.8, 4) is 17.2 Å². The maximum absolute atomic E-state index is 12.1. The zero-order chi connectivity index (χ0) is 19.3. The molecule has 3 rings (SSSR count). The summed E-state index contributed by atoms with van der Waals surface area (Å²) < 4.78 is 16.4. The summed E-state index contributed by atoms with van der Waals surface area (Å²) in [5.41, 5.74) is 1.98. The number of hydrogen-bond donors (Lipinski definition) is 2. The van der Waals surface area contributed by atoms with E-state index in [-0.39, 0.29) is 18.2 Å². The molecule has 6 nitrogen and oxygen atoms in total. The van der Waals surface area contributed by atoms with Gasteiger partial charge in [0.1, 0.15) is 12.4 Å². The molecule has 2 amide bonds. The summed E-state index contributed by atoms with van der Waals surface area (Å²) in [5, 5.41) is 5.73. The highest BCUT2D eigenvalue weighted by molar-refractivity contribution is 5.74. The van der Waals surface area contributed by atoms with Crippen molar-refractivity contribution < 1.29 is 19.0 Å². The average Bonchev–Trinajstić information content (AvgIpc) is 3.11. The van der Waals surface area contributed by atoms with Crippen LogP contribution in [0.15, 0.2) is 42.5 Å². The van der Waals surface area contributed by atoms with Gasteiger partial charge >= 0.3 is 6.03 Å². The van der Waals surface area contributed by atoms with Gasteiger partial charge in [-0.3, -0.25) is 0 Å². The first kappa shape index (κ1) is 18.9. The predicted molar refractivity (Wildman–Crippen MR) is 104 cm³/mol. The Kier molecular flexibility index (Phi) is 5.74. The number of ether oxygens (including phenoxy) is 3. The maximum atomic E-state index is 12.1. The largest absolute Gasteiger partial charge is 0.492 e. The van der Waals surface area contributed by atoms with Crippen LogP contribution in [-0.4, -0.2) is 32.5 Å². The molecule has 0 saturated carbocycles. The first-order valence-electron chi connectivity index (χ1n) is 9.05. The van der Waals surface area contributed by atoms with Crippen LogP contribution in [0, 0.1) is 6.92 Å². The lowest BCUT2D eigenvalue weighted by atomic mass is 9.84. The number of amides is 2. The normalized spacial score (nSPS) is 12.6. The molecule has 0 aromatic heterocycles. The Labute approximate surface area is 159 Å². The second kappa shape index (κ2) is 8.20. The molecule has 1 aliphatic heterocycles. The van der Waals surface area contributed by atoms with Crippen molar-refractivity contribution >= 4 is 6.03 Å². The predicted octanol–water partition coefficient (Wildman–Crippen LogP) is 3.38. The Hall–Kier alpha value is -2.89. The van der Waals surface area contributed by atoms with Gasteiger partial charge in [0, 0.05) is 12.0 Å². The fraction of sp³-hybridized carbons (Fsp3) is 0.381. The molecule has 0 aliphatic carbocycles. The van der Waals surface area contributed by atoms with Crippen molar-refractivity contribution in [1.29, 1.82) is 0 Å². The first-order valence-corrected chi connectivity index (χ1v) is 9.05. The van der Waals surface area contributed by atoms with Crippen LogP contribution in [0.2, 0.25) is 0 Å². The van der Waals surface area contributed by atoms with Crippen LogP contribution in [0.4, 0.5) is 4.79 Å². The zero-order valence-corrected chi connectivity index (χ0v) is 16.0. The summed E-state index contributed by atoms with van der Waals surface area (Å²) in [6, 6.07) is 13.5. The summed E-state index contributed by atoms with van der Waals surface area (Å²) in [5.74, 6) is 2.31. The van der Waals surface area contributed by atoms with Gasteiger partial charge in [-0.05, 0) is 42.3 Å². The molecular weight excluding hydrogens is 344 g/mol. The summed E-state index contributed by atoms with van der Waals surface area (Å²) in [4.78, 5) is 12.1. The van der Waals surface area contributed by atoms with E-state index >= 15 is 0 Å². The quantitative estimate of drug-likeness (QED) is 0.733. The highest BCUT2D eigenvalue weighted by Gasteiger charge is 2.24. The minimum atomic E-state index is -0.240. The number of benzene rings is 2. The molecule has 144 valence electrons. The third kappa shape index (κ3) is 5.06. The SMILES string of the molecule is Cc1cccc(OCCNC(=O)NCC(C)(C)c2ccc3c(c2)OCO3)c1. The number of urea groups is 1. The minimum Gasteiger partial charge on any atom is -0.492 e. The first-order chi connectivity index (χ1) is 12.9. The molecule has 0 radical (unpaired) electrons. The van der Waals surface area contributed by atoms with Crippen molar-refractivity contribution in [3.63, 3.8) is 0 Å². The van der Waals surface area contributed by atoms with Gasteiger partial charge in [-0.25, -0.2) is 4.79 Å². The van der Waals surface area contributed by atoms with Crippen LogP contribution in [-0.2, 0) is 5.41 Å². The van der Waals surface area contributed by atoms with Gasteiger partial charge in [0.2, 0.25) is 6.79 Å². The molecule has 0 atom stereocenters. The molecule has 6 heteroatoms. The third-order valence-corrected chi connectivity index (χ3v) is 4.49. The monoisotopic (exact) mass is 370 g/mol. The van der Waals surface area contributed by atoms with Crippen LogP contribution in [0.25, 0.3) is 0 Å². The van der Waals surface area contributed by atoms with E-state index in [1.165, 1.54) is 0 Å². The lowest BCUT2D eigenvalue weighted by Gasteiger charge is -2.26. The molecule has 1 aliphatic rings. The second-order valence-corrected chi connectivity index (χ2v) is 7.23. The van der Waals surface area contributed by atoms with E-state index in [4.69, 9.17) is 14.2 Å². The van der Waals surface area contributed by atoms with Crippen molar-refractivity contribution in [2.24, 2.45) is 0 Å². The van der Waals surface area contributed by atoms with Crippen LogP contribution in [0.1, 0.15) is 25.0 Å². The molecule has 1 heterocycles. The summed E-state index contributed by atoms with van der Waals surface area (Å²) >= 11 is 0. The van der Waals surface area contributed by atoms with Crippen LogP contribution >= 0.6 is 0 Å². The van der Waals surface area contributed by atoms with Crippen LogP contribution in [0.3, 0.4) is 0 Å². The fourth-order valence-electron chi connectivity index (χ4n) is 2.82. The van der Waals surface area contributed by atoms with Gasteiger partial charge in [0.05, 0.1) is 6.54 Å². The fourth-order valence-corrected chi connectivity index (χ4v) is 2.82. The number of rotatable bonds is 7. The topological polar surface area (TPSA) is 68.8 Å². The second-order valence-electron chi connectivity index (χ2n) is 7.23. The summed E-state index contributed by atoms with van der Waals surface area (Å²) in [7, 11) is 0. The van der Waals surface area contributed by atoms with E-state index in [1.54, 1.807) is 0 Å². The Balaban J connectivity index is 1.41. The van der Waals surface area contributed by atoms with E-state index in [9.17, 15) is 4.79 Å². The van der Waals surface area contributed by atoms with Gasteiger partial charge in [-0.15, -0.1) is 0 Å². The Morgan fingerprint density at radius 3 is 2.74 bits per heavy atom. The van der Waals surface area contributed by atoms with Gasteiger partial charge in [0.15, 0.2) is 11.5 Å². The van der Waals surface area contributed by atoms with E-state index in [0.29, 0.717) is 19.7 Å². The molecular formula is C21H26N2O4. The number of aryl methyl sites for hydroxylation is 1. The van der Waals surface area contributed by atoms with Crippen molar-refractivity contribution in [2.75, 3.05) is 26.5 Å². The third-order valence-electron chi connectivity index (χ3n) is 4.49. The lowest BCUT2D eigenvalue weighted by Crippen LogP contribution is -2.43. The molecule has 2 aromatic carbocycles. The van der Waals surface area contributed by atoms with Crippen molar-refractivity contribution in [3.05, 3.63) is 53.6 Å². The van der Waals surface area contributed by atoms with Crippen molar-refractivity contribution in [1.82, 2.24) is 10.6 Å². The van der Waals surface area contributed by atoms with Gasteiger partial charge in [0.25, 0.3) is 0 Å². The van der Waals surface area contributed by atoms with Gasteiger partial charge in [-0.1, -0.05) is 32.0 Å². The van der Waals surface area contributed by atoms with Crippen LogP contribution in [0.5, 0.6) is 17.2 Å². The molecule has 0 saturated heterocycles. The van der Waals surface area contributed by atoms with Crippen molar-refractivity contribution in [2.45, 2.75) is 26.2 Å². The molecule has 0 spiro atoms. The van der Waals surface area contributed by atoms with Gasteiger partial charge < -0.3 is 24.8 Å². The summed E-state index contributed by atoms with van der Waals surface area (Å²) in [6.07, 6.45) is 0. The number of carbonyl (C=O) groups is 1. The highest BCUT2D eigenvalue weighted by atomic mass is 16.7. The summed E-state index contributed by atoms with van der Waals surface area (Å²) in [6.45, 7) is 7.77. The number of hydrogen-bond acceptors (Lipinski definition) is 4. The number of nitrogens with one attached hydrogen (secondary N) is 2. The van der Waals surface area contributed by atoms with E-state index < -0.39 is 0 Å². The van der Waals surface area contributed by atoms with Gasteiger partial charge in [-0.2, -0.15) is 0 Å². The number of carbonyl (C=O) groups excluding carboxylic acids is 1. The Morgan fingerprint density at radius 1 is 1.11 bits per heavy atom. The van der Waals surface area contributed by atoms with E-state index in [1.807, 2.05) is 49.4 Å². The smallest absolute Gasteiger partial charge is 0.314 e. The highest BCUT2D eigenvalue weighted by Crippen LogP contribution is 2.36. The zero-order valence-electron chi connectivity index (χ0n) is 16.0. The Morgan fingerprint density at radius 2 is 1.93 bits per heavy atom. The number of fused-ring (bicyclic) bond motifs is 1. The Bertz CT molecular complexity index is 805. The standard InChI is InChI=1S/C21H26N2O4/c1-15-5-4-6-17(11-15)25-10-9-22-20(24)23-13-21(2,3)16-7-8-18-19(12-16)27-14-26-18/h4-8,11-12H,9-10,13-14H2,1-3H3,(H2,22,23,24). The average molecular weight is 370 g/mol. The van der Waals surface area contributed by atoms with E-state index in [0.717, 1.165) is 28.4 Å². The molecule has 0 fully saturated rings. The minimum absolute atomic E-state index is 0.211. The molecule has 27 heavy (non-hydrogen) atoms. The molecule has 2 aromatic rings. The molecule has 0 unspecified atom stereocenters. The lowest BCUT2D eigenvalue weighted by molar-refractivity contribution is 0.174. The molecule has 2 N–H and O–H groups in total. The van der Waals surface area contributed by atoms with Crippen LogP contribution < -0.4 is 24.8 Å². The molecule has 0 bridgehead atoms. The van der Waals surface area contributed by atoms with E-state index in [2.05, 4.69) is 24.5 Å². The maximum Gasteiger partial charge on any atom is 0.314 e.